The van der Waals surface area contributed by atoms with Crippen LogP contribution >= 0.6 is 12.2 Å². The van der Waals surface area contributed by atoms with E-state index in [2.05, 4.69) is 12.2 Å². The first-order valence-corrected chi connectivity index (χ1v) is 3.12. The number of thiocarbonyl (C=S) groups is 1. The summed E-state index contributed by atoms with van der Waals surface area (Å²) in [5.41, 5.74) is 0. The van der Waals surface area contributed by atoms with Crippen LogP contribution in [0.1, 0.15) is 6.92 Å². The van der Waals surface area contributed by atoms with Crippen molar-refractivity contribution in [3.8, 4) is 0 Å². The predicted molar refractivity (Wildman–Crippen MR) is 37.3 cm³/mol. The fraction of sp³-hybridized carbons (Fsp3) is 0.800. The Morgan fingerprint density at radius 1 is 1.56 bits per heavy atom. The van der Waals surface area contributed by atoms with Gasteiger partial charge in [-0.25, -0.2) is 0 Å². The van der Waals surface area contributed by atoms with Gasteiger partial charge in [0.05, 0.1) is 13.2 Å². The van der Waals surface area contributed by atoms with Gasteiger partial charge < -0.3 is 14.6 Å². The molecule has 9 heavy (non-hydrogen) atoms. The molecular weight excluding hydrogens is 140 g/mol. The number of aliphatic hydroxyl groups excluding tert-OH is 1. The number of aliphatic hydroxyl groups is 1. The summed E-state index contributed by atoms with van der Waals surface area (Å²) < 4.78 is 9.43. The van der Waals surface area contributed by atoms with E-state index in [9.17, 15) is 0 Å². The summed E-state index contributed by atoms with van der Waals surface area (Å²) in [5, 5.41) is 8.35. The van der Waals surface area contributed by atoms with Crippen LogP contribution in [0.3, 0.4) is 0 Å². The maximum atomic E-state index is 8.24. The minimum atomic E-state index is -0.0345. The second-order valence-corrected chi connectivity index (χ2v) is 1.59. The van der Waals surface area contributed by atoms with Gasteiger partial charge in [-0.1, -0.05) is 0 Å². The van der Waals surface area contributed by atoms with E-state index in [1.807, 2.05) is 6.92 Å². The van der Waals surface area contributed by atoms with E-state index in [0.29, 0.717) is 6.61 Å². The maximum Gasteiger partial charge on any atom is 0.352 e. The third-order valence-corrected chi connectivity index (χ3v) is 0.809. The van der Waals surface area contributed by atoms with Crippen molar-refractivity contribution in [1.82, 2.24) is 0 Å². The molecule has 1 N–H and O–H groups in total. The molecule has 0 fully saturated rings. The molecule has 0 aromatic rings. The molecule has 0 saturated heterocycles. The average molecular weight is 150 g/mol. The van der Waals surface area contributed by atoms with Crippen molar-refractivity contribution in [3.63, 3.8) is 0 Å². The van der Waals surface area contributed by atoms with Gasteiger partial charge in [0, 0.05) is 12.2 Å². The Bertz CT molecular complexity index is 84.3. The minimum absolute atomic E-state index is 0.0345. The molecular formula is C5H10O3S. The summed E-state index contributed by atoms with van der Waals surface area (Å²) >= 11 is 4.56. The molecule has 3 nitrogen and oxygen atoms in total. The van der Waals surface area contributed by atoms with E-state index >= 15 is 0 Å². The van der Waals surface area contributed by atoms with Crippen LogP contribution in [0.5, 0.6) is 0 Å². The van der Waals surface area contributed by atoms with E-state index in [4.69, 9.17) is 14.6 Å². The summed E-state index contributed by atoms with van der Waals surface area (Å²) in [6.45, 7) is 2.49. The molecule has 0 aliphatic carbocycles. The molecule has 4 heteroatoms. The highest BCUT2D eigenvalue weighted by Gasteiger charge is 1.92. The number of rotatable bonds is 3. The summed E-state index contributed by atoms with van der Waals surface area (Å²) in [6.07, 6.45) is 0. The summed E-state index contributed by atoms with van der Waals surface area (Å²) in [4.78, 5) is 0. The third kappa shape index (κ3) is 5.52. The topological polar surface area (TPSA) is 38.7 Å². The van der Waals surface area contributed by atoms with Gasteiger partial charge in [0.25, 0.3) is 0 Å². The van der Waals surface area contributed by atoms with Crippen molar-refractivity contribution < 1.29 is 14.6 Å². The Morgan fingerprint density at radius 2 is 2.22 bits per heavy atom. The fourth-order valence-corrected chi connectivity index (χ4v) is 0.490. The Kier molecular flexibility index (Phi) is 5.56. The highest BCUT2D eigenvalue weighted by molar-refractivity contribution is 7.79. The summed E-state index contributed by atoms with van der Waals surface area (Å²) in [7, 11) is 0. The van der Waals surface area contributed by atoms with Crippen LogP contribution in [0.15, 0.2) is 0 Å². The van der Waals surface area contributed by atoms with Crippen molar-refractivity contribution in [2.45, 2.75) is 6.92 Å². The normalized spacial score (nSPS) is 8.67. The lowest BCUT2D eigenvalue weighted by atomic mass is 10.8. The molecule has 0 saturated carbocycles. The van der Waals surface area contributed by atoms with E-state index in [1.165, 1.54) is 0 Å². The zero-order chi connectivity index (χ0) is 7.11. The Balaban J connectivity index is 3.06. The van der Waals surface area contributed by atoms with Crippen LogP contribution in [0.25, 0.3) is 0 Å². The first-order valence-electron chi connectivity index (χ1n) is 2.71. The van der Waals surface area contributed by atoms with Gasteiger partial charge in [-0.3, -0.25) is 0 Å². The third-order valence-electron chi connectivity index (χ3n) is 0.573. The van der Waals surface area contributed by atoms with Crippen LogP contribution in [0.4, 0.5) is 0 Å². The Labute approximate surface area is 59.6 Å². The van der Waals surface area contributed by atoms with E-state index in [1.54, 1.807) is 0 Å². The molecule has 54 valence electrons. The van der Waals surface area contributed by atoms with Crippen LogP contribution < -0.4 is 0 Å². The van der Waals surface area contributed by atoms with Crippen molar-refractivity contribution in [3.05, 3.63) is 0 Å². The van der Waals surface area contributed by atoms with E-state index < -0.39 is 0 Å². The molecule has 0 atom stereocenters. The second-order valence-electron chi connectivity index (χ2n) is 1.26. The van der Waals surface area contributed by atoms with Crippen LogP contribution in [0, 0.1) is 0 Å². The maximum absolute atomic E-state index is 8.24. The van der Waals surface area contributed by atoms with Crippen LogP contribution in [-0.4, -0.2) is 30.2 Å². The zero-order valence-electron chi connectivity index (χ0n) is 5.29. The largest absolute Gasteiger partial charge is 0.457 e. The van der Waals surface area contributed by atoms with E-state index in [-0.39, 0.29) is 18.5 Å². The Morgan fingerprint density at radius 3 is 2.67 bits per heavy atom. The van der Waals surface area contributed by atoms with Crippen LogP contribution in [-0.2, 0) is 9.47 Å². The highest BCUT2D eigenvalue weighted by Crippen LogP contribution is 1.83. The van der Waals surface area contributed by atoms with Gasteiger partial charge in [0.2, 0.25) is 0 Å². The van der Waals surface area contributed by atoms with Crippen molar-refractivity contribution >= 4 is 17.5 Å². The summed E-state index contributed by atoms with van der Waals surface area (Å²) in [6, 6.07) is 0. The lowest BCUT2D eigenvalue weighted by Gasteiger charge is -2.03. The lowest BCUT2D eigenvalue weighted by Crippen LogP contribution is -2.09. The first-order chi connectivity index (χ1) is 4.31. The zero-order valence-corrected chi connectivity index (χ0v) is 6.11. The molecule has 0 aromatic carbocycles. The van der Waals surface area contributed by atoms with Crippen molar-refractivity contribution in [2.75, 3.05) is 19.8 Å². The molecule has 0 aromatic heterocycles. The summed E-state index contributed by atoms with van der Waals surface area (Å²) in [5.74, 6) is 0. The molecule has 0 amide bonds. The fourth-order valence-electron chi connectivity index (χ4n) is 0.288. The molecule has 0 aliphatic rings. The number of hydrogen-bond donors (Lipinski definition) is 1. The van der Waals surface area contributed by atoms with Gasteiger partial charge in [-0.15, -0.1) is 0 Å². The molecule has 0 bridgehead atoms. The molecule has 0 heterocycles. The molecule has 0 spiro atoms. The SMILES string of the molecule is CCOC(=S)OCCO. The standard InChI is InChI=1S/C5H10O3S/c1-2-7-5(9)8-4-3-6/h6H,2-4H2,1H3. The van der Waals surface area contributed by atoms with Crippen LogP contribution in [0.2, 0.25) is 0 Å². The Hall–Kier alpha value is -0.350. The predicted octanol–water partition coefficient (Wildman–Crippen LogP) is 0.317. The van der Waals surface area contributed by atoms with Gasteiger partial charge in [0.15, 0.2) is 0 Å². The van der Waals surface area contributed by atoms with Crippen molar-refractivity contribution in [2.24, 2.45) is 0 Å². The van der Waals surface area contributed by atoms with E-state index in [0.717, 1.165) is 0 Å². The highest BCUT2D eigenvalue weighted by atomic mass is 32.1. The molecule has 0 radical (unpaired) electrons. The lowest BCUT2D eigenvalue weighted by molar-refractivity contribution is 0.143. The average Bonchev–Trinajstić information content (AvgIpc) is 1.85. The number of ether oxygens (including phenoxy) is 2. The molecule has 0 unspecified atom stereocenters. The second kappa shape index (κ2) is 5.78. The van der Waals surface area contributed by atoms with Crippen molar-refractivity contribution in [1.29, 1.82) is 0 Å². The quantitative estimate of drug-likeness (QED) is 0.588. The monoisotopic (exact) mass is 150 g/mol. The number of hydrogen-bond acceptors (Lipinski definition) is 4. The minimum Gasteiger partial charge on any atom is -0.457 e. The van der Waals surface area contributed by atoms with Gasteiger partial charge in [0.1, 0.15) is 6.61 Å². The van der Waals surface area contributed by atoms with Gasteiger partial charge >= 0.3 is 5.24 Å². The first kappa shape index (κ1) is 8.65. The van der Waals surface area contributed by atoms with Gasteiger partial charge in [-0.2, -0.15) is 0 Å². The smallest absolute Gasteiger partial charge is 0.352 e. The van der Waals surface area contributed by atoms with Gasteiger partial charge in [-0.05, 0) is 6.92 Å². The molecule has 0 rings (SSSR count). The molecule has 0 aliphatic heterocycles.